The van der Waals surface area contributed by atoms with E-state index in [4.69, 9.17) is 23.2 Å². The van der Waals surface area contributed by atoms with Crippen molar-refractivity contribution in [2.75, 3.05) is 11.8 Å². The summed E-state index contributed by atoms with van der Waals surface area (Å²) in [6.45, 7) is 0. The maximum absolute atomic E-state index is 5.05. The lowest BCUT2D eigenvalue weighted by atomic mass is 11.0. The molecule has 40 valence electrons. The topological polar surface area (TPSA) is 0 Å². The van der Waals surface area contributed by atoms with Crippen LogP contribution in [-0.2, 0) is 0 Å². The molecule has 0 amide bonds. The van der Waals surface area contributed by atoms with Gasteiger partial charge in [0.1, 0.15) is 0 Å². The first-order chi connectivity index (χ1) is 2.91. The van der Waals surface area contributed by atoms with Gasteiger partial charge >= 0.3 is 0 Å². The molecule has 0 heterocycles. The van der Waals surface area contributed by atoms with Crippen molar-refractivity contribution < 1.29 is 0 Å². The van der Waals surface area contributed by atoms with Gasteiger partial charge in [0, 0.05) is 40.0 Å². The van der Waals surface area contributed by atoms with Crippen LogP contribution in [0.25, 0.3) is 0 Å². The first-order valence-electron chi connectivity index (χ1n) is 1.18. The minimum atomic E-state index is 0.557. The zero-order chi connectivity index (χ0) is 5.41. The lowest BCUT2D eigenvalue weighted by Crippen LogP contribution is -1.63. The summed E-state index contributed by atoms with van der Waals surface area (Å²) >= 11 is 15.6. The molecule has 0 aliphatic carbocycles. The van der Waals surface area contributed by atoms with Gasteiger partial charge in [0.2, 0.25) is 0 Å². The zero-order valence-electron chi connectivity index (χ0n) is 2.93. The fraction of sp³-hybridized carbons (Fsp3) is 1.00. The molecule has 0 spiro atoms. The molecular weight excluding hydrogens is 255 g/mol. The largest absolute Gasteiger partial charge is 0.125 e. The monoisotopic (exact) mass is 256 g/mol. The molecule has 0 radical (unpaired) electrons. The van der Waals surface area contributed by atoms with Crippen molar-refractivity contribution in [2.24, 2.45) is 0 Å². The summed E-state index contributed by atoms with van der Waals surface area (Å²) in [5.74, 6) is 1.11. The van der Waals surface area contributed by atoms with Crippen LogP contribution in [0.3, 0.4) is 0 Å². The van der Waals surface area contributed by atoms with Gasteiger partial charge in [-0.25, -0.2) is 0 Å². The predicted octanol–water partition coefficient (Wildman–Crippen LogP) is 3.16. The van der Waals surface area contributed by atoms with Crippen LogP contribution in [0.1, 0.15) is 0 Å². The lowest BCUT2D eigenvalue weighted by molar-refractivity contribution is 1.52. The Morgan fingerprint density at radius 1 is 1.00 bits per heavy atom. The maximum Gasteiger partial charge on any atom is 0.0359 e. The smallest absolute Gasteiger partial charge is 0.0359 e. The van der Waals surface area contributed by atoms with Crippen molar-refractivity contribution in [1.29, 1.82) is 0 Å². The highest BCUT2D eigenvalue weighted by molar-refractivity contribution is 9.93. The third-order valence-corrected chi connectivity index (χ3v) is 0.643. The highest BCUT2D eigenvalue weighted by atomic mass is 80.9. The third-order valence-electron chi connectivity index (χ3n) is 0.0714. The molecule has 0 bridgehead atoms. The van der Waals surface area contributed by atoms with Gasteiger partial charge in [-0.1, -0.05) is 0 Å². The predicted molar refractivity (Wildman–Crippen MR) is 39.3 cm³/mol. The van der Waals surface area contributed by atoms with E-state index in [-0.39, 0.29) is 0 Å². The molecule has 0 saturated heterocycles. The molecule has 0 fully saturated rings. The van der Waals surface area contributed by atoms with Crippen LogP contribution in [0.15, 0.2) is 0 Å². The molecule has 6 heavy (non-hydrogen) atoms. The van der Waals surface area contributed by atoms with E-state index in [1.807, 2.05) is 0 Å². The SMILES string of the molecule is BrBr.ClCCCl. The van der Waals surface area contributed by atoms with Crippen molar-refractivity contribution in [3.05, 3.63) is 0 Å². The summed E-state index contributed by atoms with van der Waals surface area (Å²) in [6, 6.07) is 0. The van der Waals surface area contributed by atoms with E-state index in [0.29, 0.717) is 11.8 Å². The zero-order valence-corrected chi connectivity index (χ0v) is 7.61. The van der Waals surface area contributed by atoms with Gasteiger partial charge in [-0.15, -0.1) is 23.2 Å². The third kappa shape index (κ3) is 17.7. The maximum atomic E-state index is 5.05. The Balaban J connectivity index is 0. The first-order valence-corrected chi connectivity index (χ1v) is 5.96. The summed E-state index contributed by atoms with van der Waals surface area (Å²) in [5, 5.41) is 0. The quantitative estimate of drug-likeness (QED) is 0.634. The van der Waals surface area contributed by atoms with Crippen molar-refractivity contribution in [3.63, 3.8) is 0 Å². The molecule has 0 aromatic heterocycles. The molecule has 0 nitrogen and oxygen atoms in total. The molecule has 0 unspecified atom stereocenters. The van der Waals surface area contributed by atoms with E-state index in [9.17, 15) is 0 Å². The average molecular weight is 259 g/mol. The van der Waals surface area contributed by atoms with Crippen LogP contribution >= 0.6 is 51.5 Å². The fourth-order valence-corrected chi connectivity index (χ4v) is 0. The minimum absolute atomic E-state index is 0.557. The van der Waals surface area contributed by atoms with Crippen molar-refractivity contribution >= 4 is 51.5 Å². The standard InChI is InChI=1S/C2H4Cl2.Br2/c3-1-2-4;1-2/h1-2H2;. The highest BCUT2D eigenvalue weighted by Gasteiger charge is 1.61. The normalized spacial score (nSPS) is 6.00. The molecule has 0 N–H and O–H groups in total. The number of hydrogen-bond acceptors (Lipinski definition) is 0. The Hall–Kier alpha value is 1.54. The second-order valence-corrected chi connectivity index (χ2v) is 1.13. The molecule has 0 aromatic rings. The Bertz CT molecular complexity index is 11.5. The van der Waals surface area contributed by atoms with Gasteiger partial charge in [0.05, 0.1) is 0 Å². The lowest BCUT2D eigenvalue weighted by Gasteiger charge is -1.63. The fourth-order valence-electron chi connectivity index (χ4n) is 0. The van der Waals surface area contributed by atoms with E-state index in [0.717, 1.165) is 0 Å². The van der Waals surface area contributed by atoms with Crippen molar-refractivity contribution in [2.45, 2.75) is 0 Å². The summed E-state index contributed by atoms with van der Waals surface area (Å²) < 4.78 is 0. The number of halogens is 4. The van der Waals surface area contributed by atoms with Gasteiger partial charge in [-0.05, 0) is 0 Å². The van der Waals surface area contributed by atoms with Crippen LogP contribution in [0.4, 0.5) is 0 Å². The van der Waals surface area contributed by atoms with Gasteiger partial charge < -0.3 is 0 Å². The second-order valence-electron chi connectivity index (χ2n) is 0.378. The second kappa shape index (κ2) is 16.0. The van der Waals surface area contributed by atoms with E-state index < -0.39 is 0 Å². The summed E-state index contributed by atoms with van der Waals surface area (Å²) in [5.41, 5.74) is 0. The van der Waals surface area contributed by atoms with Crippen molar-refractivity contribution in [3.8, 4) is 0 Å². The van der Waals surface area contributed by atoms with Gasteiger partial charge in [-0.3, -0.25) is 0 Å². The Morgan fingerprint density at radius 2 is 1.17 bits per heavy atom. The van der Waals surface area contributed by atoms with Gasteiger partial charge in [-0.2, -0.15) is 0 Å². The number of alkyl halides is 2. The van der Waals surface area contributed by atoms with Gasteiger partial charge in [0.25, 0.3) is 0 Å². The molecular formula is C2H4Br2Cl2. The van der Waals surface area contributed by atoms with Crippen LogP contribution in [0, 0.1) is 0 Å². The van der Waals surface area contributed by atoms with Crippen LogP contribution in [0.5, 0.6) is 0 Å². The van der Waals surface area contributed by atoms with Crippen molar-refractivity contribution in [1.82, 2.24) is 0 Å². The van der Waals surface area contributed by atoms with Crippen LogP contribution in [-0.4, -0.2) is 11.8 Å². The van der Waals surface area contributed by atoms with Crippen LogP contribution < -0.4 is 0 Å². The molecule has 0 atom stereocenters. The molecule has 0 aliphatic heterocycles. The van der Waals surface area contributed by atoms with E-state index in [1.165, 1.54) is 0 Å². The Kier molecular flexibility index (Phi) is 28.1. The molecule has 0 aromatic carbocycles. The summed E-state index contributed by atoms with van der Waals surface area (Å²) in [7, 11) is 0. The Morgan fingerprint density at radius 3 is 1.17 bits per heavy atom. The molecule has 0 aliphatic rings. The van der Waals surface area contributed by atoms with E-state index in [2.05, 4.69) is 28.3 Å². The van der Waals surface area contributed by atoms with E-state index >= 15 is 0 Å². The van der Waals surface area contributed by atoms with E-state index in [1.54, 1.807) is 0 Å². The molecule has 0 rings (SSSR count). The number of hydrogen-bond donors (Lipinski definition) is 0. The molecule has 4 heteroatoms. The minimum Gasteiger partial charge on any atom is -0.125 e. The van der Waals surface area contributed by atoms with Crippen LogP contribution in [0.2, 0.25) is 0 Å². The first kappa shape index (κ1) is 10.5. The summed E-state index contributed by atoms with van der Waals surface area (Å²) in [6.07, 6.45) is 0. The molecule has 0 saturated carbocycles. The average Bonchev–Trinajstić information content (AvgIpc) is 1.72. The summed E-state index contributed by atoms with van der Waals surface area (Å²) in [4.78, 5) is 0. The highest BCUT2D eigenvalue weighted by Crippen LogP contribution is 1.85. The van der Waals surface area contributed by atoms with Gasteiger partial charge in [0.15, 0.2) is 0 Å². The Labute approximate surface area is 63.0 Å². The number of rotatable bonds is 1.